The Kier molecular flexibility index (Phi) is 6.67. The molecule has 9 nitrogen and oxygen atoms in total. The number of nitro benzene ring substituents is 1. The van der Waals surface area contributed by atoms with E-state index in [9.17, 15) is 19.3 Å². The van der Waals surface area contributed by atoms with Crippen LogP contribution in [0.25, 0.3) is 15.8 Å². The molecule has 0 bridgehead atoms. The summed E-state index contributed by atoms with van der Waals surface area (Å²) >= 11 is 8.18. The molecule has 0 unspecified atom stereocenters. The molecule has 1 fully saturated rings. The fourth-order valence-corrected chi connectivity index (χ4v) is 6.18. The molecular formula is C22H18ClFN6O3S2. The highest BCUT2D eigenvalue weighted by Crippen LogP contribution is 2.35. The predicted octanol–water partition coefficient (Wildman–Crippen LogP) is 5.22. The van der Waals surface area contributed by atoms with Gasteiger partial charge in [-0.25, -0.2) is 9.07 Å². The van der Waals surface area contributed by atoms with E-state index in [4.69, 9.17) is 11.6 Å². The van der Waals surface area contributed by atoms with E-state index in [0.29, 0.717) is 27.2 Å². The van der Waals surface area contributed by atoms with E-state index in [1.165, 1.54) is 41.1 Å². The molecule has 0 aliphatic carbocycles. The highest BCUT2D eigenvalue weighted by Gasteiger charge is 2.19. The number of thioether (sulfide) groups is 1. The van der Waals surface area contributed by atoms with E-state index >= 15 is 0 Å². The topological polar surface area (TPSA) is 107 Å². The number of anilines is 1. The maximum atomic E-state index is 14.8. The van der Waals surface area contributed by atoms with Crippen LogP contribution in [0.15, 0.2) is 45.7 Å². The molecule has 1 aliphatic rings. The van der Waals surface area contributed by atoms with E-state index in [-0.39, 0.29) is 26.6 Å². The van der Waals surface area contributed by atoms with Crippen molar-refractivity contribution in [2.45, 2.75) is 29.4 Å². The number of nitrogens with zero attached hydrogens (tertiary/aromatic N) is 6. The smallest absolute Gasteiger partial charge is 0.288 e. The zero-order valence-electron chi connectivity index (χ0n) is 18.2. The Morgan fingerprint density at radius 2 is 2.00 bits per heavy atom. The molecule has 1 saturated heterocycles. The summed E-state index contributed by atoms with van der Waals surface area (Å²) in [5, 5.41) is 19.8. The van der Waals surface area contributed by atoms with Crippen molar-refractivity contribution < 1.29 is 9.31 Å². The molecule has 4 aromatic rings. The molecule has 5 rings (SSSR count). The first-order valence-electron chi connectivity index (χ1n) is 10.8. The number of hydrogen-bond acceptors (Lipinski definition) is 9. The standard InChI is InChI=1S/C22H18ClFN6O3S2/c23-13-8-16-20(19(9-13)30(32)33)35-22(25-21(16)31)34-12-14-11-29(27-26-14)15-4-5-18(17(24)10-15)28-6-2-1-3-7-28/h4-5,8-11H,1-3,6-7,12H2. The van der Waals surface area contributed by atoms with Crippen molar-refractivity contribution in [3.8, 4) is 5.69 Å². The first kappa shape index (κ1) is 23.6. The number of non-ortho nitro benzene ring substituents is 1. The summed E-state index contributed by atoms with van der Waals surface area (Å²) in [6.45, 7) is 1.71. The first-order chi connectivity index (χ1) is 16.9. The average molecular weight is 533 g/mol. The normalized spacial score (nSPS) is 13.9. The highest BCUT2D eigenvalue weighted by atomic mass is 35.5. The van der Waals surface area contributed by atoms with Gasteiger partial charge in [-0.1, -0.05) is 28.6 Å². The molecule has 0 amide bonds. The van der Waals surface area contributed by atoms with Crippen molar-refractivity contribution >= 4 is 56.2 Å². The van der Waals surface area contributed by atoms with Gasteiger partial charge in [0.25, 0.3) is 11.2 Å². The van der Waals surface area contributed by atoms with E-state index < -0.39 is 10.5 Å². The Balaban J connectivity index is 1.34. The lowest BCUT2D eigenvalue weighted by Gasteiger charge is -2.29. The van der Waals surface area contributed by atoms with E-state index in [1.807, 2.05) is 0 Å². The summed E-state index contributed by atoms with van der Waals surface area (Å²) in [6, 6.07) is 7.61. The molecule has 2 aromatic carbocycles. The Labute approximate surface area is 211 Å². The Bertz CT molecular complexity index is 1490. The summed E-state index contributed by atoms with van der Waals surface area (Å²) < 4.78 is 16.8. The molecule has 0 radical (unpaired) electrons. The van der Waals surface area contributed by atoms with Gasteiger partial charge in [0.1, 0.15) is 10.5 Å². The number of fused-ring (bicyclic) bond motifs is 1. The first-order valence-corrected chi connectivity index (χ1v) is 12.9. The van der Waals surface area contributed by atoms with Crippen LogP contribution >= 0.6 is 34.7 Å². The Morgan fingerprint density at radius 3 is 2.74 bits per heavy atom. The summed E-state index contributed by atoms with van der Waals surface area (Å²) in [4.78, 5) is 29.4. The van der Waals surface area contributed by atoms with Crippen LogP contribution in [-0.4, -0.2) is 38.0 Å². The van der Waals surface area contributed by atoms with Gasteiger partial charge in [-0.3, -0.25) is 14.9 Å². The third-order valence-electron chi connectivity index (χ3n) is 5.62. The van der Waals surface area contributed by atoms with Crippen LogP contribution in [0.4, 0.5) is 15.8 Å². The quantitative estimate of drug-likeness (QED) is 0.189. The molecule has 180 valence electrons. The number of piperidine rings is 1. The van der Waals surface area contributed by atoms with E-state index in [0.717, 1.165) is 37.3 Å². The third kappa shape index (κ3) is 5.00. The van der Waals surface area contributed by atoms with Gasteiger partial charge in [0, 0.05) is 36.0 Å². The van der Waals surface area contributed by atoms with Crippen molar-refractivity contribution in [1.29, 1.82) is 0 Å². The van der Waals surface area contributed by atoms with Crippen molar-refractivity contribution in [1.82, 2.24) is 20.0 Å². The molecule has 0 saturated carbocycles. The van der Waals surface area contributed by atoms with Gasteiger partial charge in [0.05, 0.1) is 33.6 Å². The molecule has 1 aliphatic heterocycles. The average Bonchev–Trinajstić information content (AvgIpc) is 3.32. The fourth-order valence-electron chi connectivity index (χ4n) is 3.95. The molecule has 0 spiro atoms. The second-order valence-electron chi connectivity index (χ2n) is 7.97. The van der Waals surface area contributed by atoms with Crippen molar-refractivity contribution in [2.75, 3.05) is 18.0 Å². The summed E-state index contributed by atoms with van der Waals surface area (Å²) in [6.07, 6.45) is 4.97. The molecule has 0 atom stereocenters. The summed E-state index contributed by atoms with van der Waals surface area (Å²) in [7, 11) is 0. The maximum Gasteiger partial charge on any atom is 0.288 e. The minimum absolute atomic E-state index is 0.104. The van der Waals surface area contributed by atoms with Gasteiger partial charge in [-0.05, 0) is 37.5 Å². The van der Waals surface area contributed by atoms with Gasteiger partial charge < -0.3 is 4.90 Å². The van der Waals surface area contributed by atoms with Gasteiger partial charge in [-0.2, -0.15) is 4.98 Å². The number of benzene rings is 2. The lowest BCUT2D eigenvalue weighted by Crippen LogP contribution is -2.30. The molecule has 2 aromatic heterocycles. The molecule has 0 N–H and O–H groups in total. The van der Waals surface area contributed by atoms with E-state index in [1.54, 1.807) is 18.3 Å². The number of hydrogen-bond donors (Lipinski definition) is 0. The van der Waals surface area contributed by atoms with Crippen LogP contribution in [0.3, 0.4) is 0 Å². The van der Waals surface area contributed by atoms with Crippen LogP contribution in [0, 0.1) is 15.9 Å². The second kappa shape index (κ2) is 9.88. The summed E-state index contributed by atoms with van der Waals surface area (Å²) in [5.41, 5.74) is 0.910. The molecule has 3 heterocycles. The van der Waals surface area contributed by atoms with Crippen LogP contribution in [0.1, 0.15) is 25.0 Å². The number of rotatable bonds is 6. The number of halogens is 2. The second-order valence-corrected chi connectivity index (χ2v) is 10.6. The highest BCUT2D eigenvalue weighted by molar-refractivity contribution is 8.00. The molecular weight excluding hydrogens is 515 g/mol. The Hall–Kier alpha value is -3.09. The predicted molar refractivity (Wildman–Crippen MR) is 134 cm³/mol. The minimum Gasteiger partial charge on any atom is -0.369 e. The van der Waals surface area contributed by atoms with Crippen LogP contribution < -0.4 is 10.5 Å². The van der Waals surface area contributed by atoms with Gasteiger partial charge in [0.15, 0.2) is 4.34 Å². The SMILES string of the molecule is O=c1nc(SCc2cn(-c3ccc(N4CCCCC4)c(F)c3)nn2)sc2c([N+](=O)[O-])cc(Cl)cc12. The van der Waals surface area contributed by atoms with Crippen LogP contribution in [-0.2, 0) is 5.75 Å². The van der Waals surface area contributed by atoms with Crippen molar-refractivity contribution in [3.63, 3.8) is 0 Å². The van der Waals surface area contributed by atoms with Gasteiger partial charge in [-0.15, -0.1) is 16.4 Å². The zero-order chi connectivity index (χ0) is 24.5. The van der Waals surface area contributed by atoms with Crippen LogP contribution in [0.2, 0.25) is 5.02 Å². The number of nitro groups is 1. The lowest BCUT2D eigenvalue weighted by molar-refractivity contribution is -0.382. The third-order valence-corrected chi connectivity index (χ3v) is 8.12. The van der Waals surface area contributed by atoms with Gasteiger partial charge >= 0.3 is 0 Å². The summed E-state index contributed by atoms with van der Waals surface area (Å²) in [5.74, 6) is 0.0205. The molecule has 13 heteroatoms. The van der Waals surface area contributed by atoms with Crippen LogP contribution in [0.5, 0.6) is 0 Å². The zero-order valence-corrected chi connectivity index (χ0v) is 20.6. The monoisotopic (exact) mass is 532 g/mol. The number of aromatic nitrogens is 4. The fraction of sp³-hybridized carbons (Fsp3) is 0.273. The van der Waals surface area contributed by atoms with Crippen molar-refractivity contribution in [2.24, 2.45) is 0 Å². The van der Waals surface area contributed by atoms with E-state index in [2.05, 4.69) is 20.2 Å². The van der Waals surface area contributed by atoms with Gasteiger partial charge in [0.2, 0.25) is 0 Å². The lowest BCUT2D eigenvalue weighted by atomic mass is 10.1. The largest absolute Gasteiger partial charge is 0.369 e. The Morgan fingerprint density at radius 1 is 1.20 bits per heavy atom. The van der Waals surface area contributed by atoms with Crippen molar-refractivity contribution in [3.05, 3.63) is 73.5 Å². The maximum absolute atomic E-state index is 14.8. The molecule has 35 heavy (non-hydrogen) atoms. The minimum atomic E-state index is -0.584.